The van der Waals surface area contributed by atoms with E-state index in [2.05, 4.69) is 20.3 Å². The van der Waals surface area contributed by atoms with Gasteiger partial charge in [0.05, 0.1) is 0 Å². The van der Waals surface area contributed by atoms with Crippen molar-refractivity contribution in [1.29, 1.82) is 0 Å². The van der Waals surface area contributed by atoms with Crippen LogP contribution in [0.1, 0.15) is 38.4 Å². The van der Waals surface area contributed by atoms with E-state index in [1.807, 2.05) is 5.32 Å². The predicted octanol–water partition coefficient (Wildman–Crippen LogP) is 2.78. The van der Waals surface area contributed by atoms with Crippen LogP contribution < -0.4 is 10.6 Å². The van der Waals surface area contributed by atoms with Gasteiger partial charge < -0.3 is 15.7 Å². The van der Waals surface area contributed by atoms with Gasteiger partial charge in [-0.25, -0.2) is 13.2 Å². The quantitative estimate of drug-likeness (QED) is 0.515. The van der Waals surface area contributed by atoms with Gasteiger partial charge in [-0.15, -0.1) is 0 Å². The molecule has 152 valence electrons. The summed E-state index contributed by atoms with van der Waals surface area (Å²) in [5.74, 6) is -6.79. The number of hydrogen-bond acceptors (Lipinski definition) is 6. The highest BCUT2D eigenvalue weighted by atomic mass is 19.4. The first-order valence-corrected chi connectivity index (χ1v) is 8.45. The number of anilines is 2. The molecule has 0 spiro atoms. The van der Waals surface area contributed by atoms with Crippen molar-refractivity contribution in [3.05, 3.63) is 11.7 Å². The van der Waals surface area contributed by atoms with E-state index in [9.17, 15) is 31.4 Å². The molecular formula is C15H16BF6N5O. The molecule has 2 atom stereocenters. The number of nitrogens with one attached hydrogen (secondary N) is 2. The highest BCUT2D eigenvalue weighted by Crippen LogP contribution is 2.46. The zero-order valence-electron chi connectivity index (χ0n) is 14.6. The zero-order chi connectivity index (χ0) is 20.9. The van der Waals surface area contributed by atoms with Gasteiger partial charge in [-0.2, -0.15) is 28.1 Å². The SMILES string of the molecule is [B]C1(O)C(F)=C(c2nc(NC3CC3)nc(N[C@H](C)C(F)(F)F)n2)CCC1(F)F. The van der Waals surface area contributed by atoms with Crippen LogP contribution in [0.5, 0.6) is 0 Å². The smallest absolute Gasteiger partial charge is 0.387 e. The molecule has 3 N–H and O–H groups in total. The van der Waals surface area contributed by atoms with Crippen LogP contribution in [0.4, 0.5) is 38.2 Å². The molecule has 28 heavy (non-hydrogen) atoms. The molecule has 1 fully saturated rings. The average Bonchev–Trinajstić information content (AvgIpc) is 3.36. The normalized spacial score (nSPS) is 26.1. The van der Waals surface area contributed by atoms with Gasteiger partial charge in [0, 0.05) is 18.0 Å². The molecule has 1 aromatic heterocycles. The summed E-state index contributed by atoms with van der Waals surface area (Å²) in [5.41, 5.74) is -4.08. The van der Waals surface area contributed by atoms with Crippen LogP contribution >= 0.6 is 0 Å². The Hall–Kier alpha value is -2.05. The second-order valence-electron chi connectivity index (χ2n) is 6.90. The second-order valence-corrected chi connectivity index (χ2v) is 6.90. The molecule has 13 heteroatoms. The topological polar surface area (TPSA) is 83.0 Å². The fourth-order valence-corrected chi connectivity index (χ4v) is 2.51. The highest BCUT2D eigenvalue weighted by molar-refractivity contribution is 6.18. The van der Waals surface area contributed by atoms with E-state index in [0.29, 0.717) is 0 Å². The molecule has 0 saturated heterocycles. The van der Waals surface area contributed by atoms with Crippen molar-refractivity contribution in [2.75, 3.05) is 10.6 Å². The second kappa shape index (κ2) is 6.78. The maximum absolute atomic E-state index is 14.5. The maximum Gasteiger partial charge on any atom is 0.408 e. The van der Waals surface area contributed by atoms with E-state index in [1.165, 1.54) is 0 Å². The van der Waals surface area contributed by atoms with Crippen molar-refractivity contribution in [2.24, 2.45) is 0 Å². The van der Waals surface area contributed by atoms with Crippen molar-refractivity contribution in [2.45, 2.75) is 62.3 Å². The Morgan fingerprint density at radius 3 is 2.36 bits per heavy atom. The number of halogens is 6. The zero-order valence-corrected chi connectivity index (χ0v) is 14.6. The van der Waals surface area contributed by atoms with Crippen LogP contribution in [0.25, 0.3) is 5.57 Å². The average molecular weight is 407 g/mol. The van der Waals surface area contributed by atoms with Crippen molar-refractivity contribution in [3.63, 3.8) is 0 Å². The molecule has 0 aromatic carbocycles. The van der Waals surface area contributed by atoms with Crippen LogP contribution in [-0.2, 0) is 0 Å². The third-order valence-corrected chi connectivity index (χ3v) is 4.50. The molecule has 0 amide bonds. The molecule has 1 heterocycles. The summed E-state index contributed by atoms with van der Waals surface area (Å²) in [4.78, 5) is 11.4. The third kappa shape index (κ3) is 4.03. The van der Waals surface area contributed by atoms with E-state index in [4.69, 9.17) is 7.85 Å². The lowest BCUT2D eigenvalue weighted by atomic mass is 9.68. The molecule has 1 saturated carbocycles. The summed E-state index contributed by atoms with van der Waals surface area (Å²) in [6, 6.07) is -2.03. The first kappa shape index (κ1) is 20.7. The molecule has 2 aliphatic rings. The Bertz CT molecular complexity index is 796. The molecule has 2 aliphatic carbocycles. The summed E-state index contributed by atoms with van der Waals surface area (Å²) in [5, 5.41) is 14.6. The van der Waals surface area contributed by atoms with E-state index >= 15 is 0 Å². The van der Waals surface area contributed by atoms with Gasteiger partial charge in [0.15, 0.2) is 5.82 Å². The first-order chi connectivity index (χ1) is 12.8. The Morgan fingerprint density at radius 1 is 1.18 bits per heavy atom. The molecule has 6 nitrogen and oxygen atoms in total. The van der Waals surface area contributed by atoms with Gasteiger partial charge in [-0.05, 0) is 26.2 Å². The van der Waals surface area contributed by atoms with Gasteiger partial charge in [-0.3, -0.25) is 0 Å². The fraction of sp³-hybridized carbons (Fsp3) is 0.667. The standard InChI is InChI=1S/C15H16BF6N5O/c1-6(15(20,21)22)23-11-25-10(26-12(27-11)24-7-2-3-7)8-4-5-13(18,19)14(16,28)9(8)17/h6-7,28H,2-5H2,1H3,(H2,23,24,25,26,27)/t6-,14?/m1/s1. The molecule has 0 aliphatic heterocycles. The van der Waals surface area contributed by atoms with Crippen molar-refractivity contribution >= 4 is 25.3 Å². The maximum atomic E-state index is 14.5. The van der Waals surface area contributed by atoms with E-state index in [-0.39, 0.29) is 12.0 Å². The Kier molecular flexibility index (Phi) is 5.01. The molecule has 2 radical (unpaired) electrons. The summed E-state index contributed by atoms with van der Waals surface area (Å²) in [6.45, 7) is 0.830. The van der Waals surface area contributed by atoms with Crippen molar-refractivity contribution in [1.82, 2.24) is 15.0 Å². The summed E-state index contributed by atoms with van der Waals surface area (Å²) in [6.07, 6.45) is -4.59. The summed E-state index contributed by atoms with van der Waals surface area (Å²) < 4.78 is 80.3. The largest absolute Gasteiger partial charge is 0.408 e. The Morgan fingerprint density at radius 2 is 1.79 bits per heavy atom. The van der Waals surface area contributed by atoms with Gasteiger partial charge in [-0.1, -0.05) is 0 Å². The molecule has 1 unspecified atom stereocenters. The van der Waals surface area contributed by atoms with Crippen LogP contribution in [0.3, 0.4) is 0 Å². The predicted molar refractivity (Wildman–Crippen MR) is 88.5 cm³/mol. The minimum Gasteiger partial charge on any atom is -0.387 e. The monoisotopic (exact) mass is 407 g/mol. The fourth-order valence-electron chi connectivity index (χ4n) is 2.51. The lowest BCUT2D eigenvalue weighted by molar-refractivity contribution is -0.138. The van der Waals surface area contributed by atoms with E-state index in [1.54, 1.807) is 0 Å². The van der Waals surface area contributed by atoms with Crippen LogP contribution in [-0.4, -0.2) is 57.6 Å². The van der Waals surface area contributed by atoms with Gasteiger partial charge >= 0.3 is 6.18 Å². The van der Waals surface area contributed by atoms with E-state index < -0.39 is 59.7 Å². The lowest BCUT2D eigenvalue weighted by Gasteiger charge is -2.36. The van der Waals surface area contributed by atoms with Crippen LogP contribution in [0.15, 0.2) is 5.83 Å². The van der Waals surface area contributed by atoms with Crippen LogP contribution in [0.2, 0.25) is 0 Å². The van der Waals surface area contributed by atoms with Gasteiger partial charge in [0.2, 0.25) is 11.9 Å². The van der Waals surface area contributed by atoms with Crippen molar-refractivity contribution in [3.8, 4) is 0 Å². The molecule has 3 rings (SSSR count). The van der Waals surface area contributed by atoms with Crippen molar-refractivity contribution < 1.29 is 31.4 Å². The Labute approximate surface area is 157 Å². The Balaban J connectivity index is 2.01. The number of nitrogens with zero attached hydrogens (tertiary/aromatic N) is 3. The number of aliphatic hydroxyl groups is 1. The van der Waals surface area contributed by atoms with Gasteiger partial charge in [0.1, 0.15) is 25.2 Å². The minimum atomic E-state index is -4.61. The first-order valence-electron chi connectivity index (χ1n) is 8.45. The third-order valence-electron chi connectivity index (χ3n) is 4.50. The number of allylic oxidation sites excluding steroid dienone is 1. The van der Waals surface area contributed by atoms with Crippen LogP contribution in [0, 0.1) is 0 Å². The molecule has 1 aromatic rings. The number of rotatable bonds is 5. The summed E-state index contributed by atoms with van der Waals surface area (Å²) in [7, 11) is 5.05. The lowest BCUT2D eigenvalue weighted by Crippen LogP contribution is -2.51. The summed E-state index contributed by atoms with van der Waals surface area (Å²) >= 11 is 0. The molecular weight excluding hydrogens is 391 g/mol. The molecule has 0 bridgehead atoms. The van der Waals surface area contributed by atoms with Gasteiger partial charge in [0.25, 0.3) is 5.92 Å². The number of alkyl halides is 5. The minimum absolute atomic E-state index is 0.00379. The number of aromatic nitrogens is 3. The number of hydrogen-bond donors (Lipinski definition) is 3. The highest BCUT2D eigenvalue weighted by Gasteiger charge is 2.55. The van der Waals surface area contributed by atoms with E-state index in [0.717, 1.165) is 19.8 Å².